The van der Waals surface area contributed by atoms with Crippen LogP contribution in [-0.2, 0) is 16.6 Å². The van der Waals surface area contributed by atoms with Crippen molar-refractivity contribution in [1.29, 1.82) is 0 Å². The van der Waals surface area contributed by atoms with E-state index in [4.69, 9.17) is 9.52 Å². The first-order valence-corrected chi connectivity index (χ1v) is 6.32. The summed E-state index contributed by atoms with van der Waals surface area (Å²) in [5.41, 5.74) is 0. The molecule has 0 atom stereocenters. The predicted octanol–water partition coefficient (Wildman–Crippen LogP) is 0.424. The number of sulfonamides is 1. The summed E-state index contributed by atoms with van der Waals surface area (Å²) in [6.45, 7) is 1.96. The summed E-state index contributed by atoms with van der Waals surface area (Å²) in [5.74, 6) is 0.347. The third-order valence-electron chi connectivity index (χ3n) is 2.01. The van der Waals surface area contributed by atoms with Crippen molar-refractivity contribution in [3.63, 3.8) is 0 Å². The molecular formula is C9H15NO4S. The fraction of sp³-hybridized carbons (Fsp3) is 0.556. The normalized spacial score (nSPS) is 12.2. The van der Waals surface area contributed by atoms with Gasteiger partial charge in [-0.15, -0.1) is 0 Å². The molecule has 1 aromatic rings. The predicted molar refractivity (Wildman–Crippen MR) is 55.7 cm³/mol. The monoisotopic (exact) mass is 233 g/mol. The van der Waals surface area contributed by atoms with Crippen LogP contribution in [0.1, 0.15) is 12.7 Å². The van der Waals surface area contributed by atoms with E-state index >= 15 is 0 Å². The van der Waals surface area contributed by atoms with E-state index < -0.39 is 10.0 Å². The number of aliphatic hydroxyl groups excluding tert-OH is 1. The van der Waals surface area contributed by atoms with Gasteiger partial charge in [-0.25, -0.2) is 8.42 Å². The second-order valence-corrected chi connectivity index (χ2v) is 5.13. The molecule has 0 saturated heterocycles. The first kappa shape index (κ1) is 12.2. The zero-order valence-electron chi connectivity index (χ0n) is 8.59. The summed E-state index contributed by atoms with van der Waals surface area (Å²) in [5, 5.41) is 8.64. The molecule has 5 nitrogen and oxygen atoms in total. The van der Waals surface area contributed by atoms with Gasteiger partial charge in [0.25, 0.3) is 0 Å². The fourth-order valence-corrected chi connectivity index (χ4v) is 2.43. The topological polar surface area (TPSA) is 70.8 Å². The molecule has 0 amide bonds. The molecule has 0 aliphatic carbocycles. The van der Waals surface area contributed by atoms with Gasteiger partial charge in [0.1, 0.15) is 5.76 Å². The van der Waals surface area contributed by atoms with E-state index in [0.717, 1.165) is 0 Å². The molecule has 1 rings (SSSR count). The smallest absolute Gasteiger partial charge is 0.216 e. The van der Waals surface area contributed by atoms with Gasteiger partial charge in [-0.2, -0.15) is 4.31 Å². The number of furan rings is 1. The van der Waals surface area contributed by atoms with Crippen LogP contribution in [0.5, 0.6) is 0 Å². The zero-order valence-corrected chi connectivity index (χ0v) is 9.40. The average Bonchev–Trinajstić information content (AvgIpc) is 2.66. The van der Waals surface area contributed by atoms with Crippen molar-refractivity contribution in [3.8, 4) is 0 Å². The highest BCUT2D eigenvalue weighted by molar-refractivity contribution is 7.89. The van der Waals surface area contributed by atoms with Gasteiger partial charge in [-0.05, 0) is 12.1 Å². The molecule has 0 bridgehead atoms. The fourth-order valence-electron chi connectivity index (χ4n) is 1.23. The molecule has 1 aromatic heterocycles. The van der Waals surface area contributed by atoms with Gasteiger partial charge in [0.2, 0.25) is 10.0 Å². The van der Waals surface area contributed by atoms with E-state index in [1.807, 2.05) is 0 Å². The van der Waals surface area contributed by atoms with E-state index in [-0.39, 0.29) is 18.9 Å². The number of aliphatic hydroxyl groups is 1. The van der Waals surface area contributed by atoms with Crippen LogP contribution in [0.15, 0.2) is 22.8 Å². The van der Waals surface area contributed by atoms with E-state index in [1.54, 1.807) is 19.1 Å². The second kappa shape index (κ2) is 5.29. The molecule has 0 saturated carbocycles. The lowest BCUT2D eigenvalue weighted by molar-refractivity contribution is 0.312. The van der Waals surface area contributed by atoms with Gasteiger partial charge in [0.15, 0.2) is 0 Å². The Labute approximate surface area is 89.4 Å². The van der Waals surface area contributed by atoms with Gasteiger partial charge < -0.3 is 9.52 Å². The van der Waals surface area contributed by atoms with Gasteiger partial charge in [0, 0.05) is 6.54 Å². The lowest BCUT2D eigenvalue weighted by Gasteiger charge is -2.18. The van der Waals surface area contributed by atoms with E-state index in [0.29, 0.717) is 12.3 Å². The first-order valence-electron chi connectivity index (χ1n) is 4.71. The molecule has 0 spiro atoms. The molecule has 1 heterocycles. The molecule has 0 aliphatic rings. The summed E-state index contributed by atoms with van der Waals surface area (Å²) in [6, 6.07) is 3.43. The third kappa shape index (κ3) is 3.33. The van der Waals surface area contributed by atoms with E-state index in [9.17, 15) is 8.42 Å². The number of hydrogen-bond acceptors (Lipinski definition) is 4. The molecule has 0 aromatic carbocycles. The highest BCUT2D eigenvalue weighted by Gasteiger charge is 2.20. The van der Waals surface area contributed by atoms with Gasteiger partial charge in [-0.1, -0.05) is 6.92 Å². The Morgan fingerprint density at radius 1 is 1.53 bits per heavy atom. The Morgan fingerprint density at radius 2 is 2.27 bits per heavy atom. The molecule has 0 unspecified atom stereocenters. The molecular weight excluding hydrogens is 218 g/mol. The Balaban J connectivity index is 2.72. The van der Waals surface area contributed by atoms with E-state index in [1.165, 1.54) is 10.6 Å². The summed E-state index contributed by atoms with van der Waals surface area (Å²) >= 11 is 0. The average molecular weight is 233 g/mol. The van der Waals surface area contributed by atoms with Crippen molar-refractivity contribution in [2.45, 2.75) is 13.5 Å². The van der Waals surface area contributed by atoms with Crippen LogP contribution >= 0.6 is 0 Å². The highest BCUT2D eigenvalue weighted by Crippen LogP contribution is 2.09. The third-order valence-corrected chi connectivity index (χ3v) is 3.88. The lowest BCUT2D eigenvalue weighted by atomic mass is 10.4. The van der Waals surface area contributed by atoms with Crippen molar-refractivity contribution in [2.24, 2.45) is 0 Å². The number of hydrogen-bond donors (Lipinski definition) is 1. The lowest BCUT2D eigenvalue weighted by Crippen LogP contribution is -2.33. The Hall–Kier alpha value is -0.850. The highest BCUT2D eigenvalue weighted by atomic mass is 32.2. The minimum Gasteiger partial charge on any atom is -0.468 e. The standard InChI is InChI=1S/C9H15NO4S/c1-2-10(15(12,13)7-5-11)8-9-4-3-6-14-9/h3-4,6,11H,2,5,7-8H2,1H3. The number of rotatable bonds is 6. The second-order valence-electron chi connectivity index (χ2n) is 3.05. The Kier molecular flexibility index (Phi) is 4.31. The molecule has 0 radical (unpaired) electrons. The molecule has 1 N–H and O–H groups in total. The minimum absolute atomic E-state index is 0.214. The van der Waals surface area contributed by atoms with Crippen LogP contribution in [0.4, 0.5) is 0 Å². The molecule has 15 heavy (non-hydrogen) atoms. The zero-order chi connectivity index (χ0) is 11.3. The number of nitrogens with zero attached hydrogens (tertiary/aromatic N) is 1. The largest absolute Gasteiger partial charge is 0.468 e. The van der Waals surface area contributed by atoms with E-state index in [2.05, 4.69) is 0 Å². The van der Waals surface area contributed by atoms with Crippen LogP contribution in [-0.4, -0.2) is 36.7 Å². The maximum atomic E-state index is 11.6. The molecule has 0 fully saturated rings. The Morgan fingerprint density at radius 3 is 2.73 bits per heavy atom. The van der Waals surface area contributed by atoms with Crippen molar-refractivity contribution < 1.29 is 17.9 Å². The van der Waals surface area contributed by atoms with Crippen LogP contribution < -0.4 is 0 Å². The summed E-state index contributed by atoms with van der Waals surface area (Å²) in [6.07, 6.45) is 1.50. The summed E-state index contributed by atoms with van der Waals surface area (Å²) in [4.78, 5) is 0. The molecule has 6 heteroatoms. The molecule has 0 aliphatic heterocycles. The van der Waals surface area contributed by atoms with Gasteiger partial charge in [-0.3, -0.25) is 0 Å². The summed E-state index contributed by atoms with van der Waals surface area (Å²) in [7, 11) is -3.38. The van der Waals surface area contributed by atoms with Crippen molar-refractivity contribution in [2.75, 3.05) is 18.9 Å². The maximum Gasteiger partial charge on any atom is 0.216 e. The van der Waals surface area contributed by atoms with Crippen molar-refractivity contribution in [3.05, 3.63) is 24.2 Å². The van der Waals surface area contributed by atoms with Crippen LogP contribution in [0.3, 0.4) is 0 Å². The molecule has 86 valence electrons. The van der Waals surface area contributed by atoms with Gasteiger partial charge >= 0.3 is 0 Å². The first-order chi connectivity index (χ1) is 7.10. The Bertz CT molecular complexity index is 371. The van der Waals surface area contributed by atoms with Crippen molar-refractivity contribution in [1.82, 2.24) is 4.31 Å². The summed E-state index contributed by atoms with van der Waals surface area (Å²) < 4.78 is 29.6. The van der Waals surface area contributed by atoms with Crippen LogP contribution in [0, 0.1) is 0 Å². The van der Waals surface area contributed by atoms with Crippen LogP contribution in [0.25, 0.3) is 0 Å². The van der Waals surface area contributed by atoms with Gasteiger partial charge in [0.05, 0.1) is 25.2 Å². The van der Waals surface area contributed by atoms with Crippen molar-refractivity contribution >= 4 is 10.0 Å². The maximum absolute atomic E-state index is 11.6. The van der Waals surface area contributed by atoms with Crippen LogP contribution in [0.2, 0.25) is 0 Å². The quantitative estimate of drug-likeness (QED) is 0.773. The minimum atomic E-state index is -3.38. The SMILES string of the molecule is CCN(Cc1ccco1)S(=O)(=O)CCO.